The molecule has 0 saturated heterocycles. The summed E-state index contributed by atoms with van der Waals surface area (Å²) in [7, 11) is 1.78. The van der Waals surface area contributed by atoms with Crippen molar-refractivity contribution in [2.45, 2.75) is 0 Å². The quantitative estimate of drug-likeness (QED) is 0.844. The maximum atomic E-state index is 5.78. The van der Waals surface area contributed by atoms with Gasteiger partial charge in [-0.25, -0.2) is 9.97 Å². The third kappa shape index (κ3) is 1.73. The van der Waals surface area contributed by atoms with Gasteiger partial charge in [0.05, 0.1) is 0 Å². The van der Waals surface area contributed by atoms with Crippen LogP contribution in [0.3, 0.4) is 0 Å². The van der Waals surface area contributed by atoms with E-state index in [2.05, 4.69) is 15.3 Å². The average molecular weight is 264 g/mol. The zero-order chi connectivity index (χ0) is 12.5. The van der Waals surface area contributed by atoms with E-state index in [4.69, 9.17) is 21.1 Å². The van der Waals surface area contributed by atoms with E-state index in [9.17, 15) is 0 Å². The maximum Gasteiger partial charge on any atom is 0.231 e. The van der Waals surface area contributed by atoms with E-state index in [1.165, 1.54) is 0 Å². The average Bonchev–Trinajstić information content (AvgIpc) is 2.86. The van der Waals surface area contributed by atoms with Crippen LogP contribution >= 0.6 is 11.6 Å². The number of anilines is 1. The summed E-state index contributed by atoms with van der Waals surface area (Å²) in [6, 6.07) is 5.69. The zero-order valence-corrected chi connectivity index (χ0v) is 10.4. The predicted molar refractivity (Wildman–Crippen MR) is 68.1 cm³/mol. The van der Waals surface area contributed by atoms with Gasteiger partial charge < -0.3 is 14.8 Å². The minimum atomic E-state index is 0.202. The van der Waals surface area contributed by atoms with Crippen molar-refractivity contribution in [3.05, 3.63) is 29.7 Å². The summed E-state index contributed by atoms with van der Waals surface area (Å²) in [5, 5.41) is 3.20. The zero-order valence-electron chi connectivity index (χ0n) is 9.61. The highest BCUT2D eigenvalue weighted by Crippen LogP contribution is 2.42. The first-order valence-electron chi connectivity index (χ1n) is 5.39. The van der Waals surface area contributed by atoms with Crippen LogP contribution in [0.4, 0.5) is 5.82 Å². The van der Waals surface area contributed by atoms with E-state index < -0.39 is 0 Å². The van der Waals surface area contributed by atoms with Gasteiger partial charge in [-0.2, -0.15) is 0 Å². The van der Waals surface area contributed by atoms with E-state index in [0.717, 1.165) is 16.9 Å². The molecule has 1 aromatic carbocycles. The van der Waals surface area contributed by atoms with Crippen LogP contribution in [-0.4, -0.2) is 23.8 Å². The minimum absolute atomic E-state index is 0.202. The van der Waals surface area contributed by atoms with Gasteiger partial charge >= 0.3 is 0 Å². The lowest BCUT2D eigenvalue weighted by atomic mass is 10.1. The number of aromatic nitrogens is 2. The smallest absolute Gasteiger partial charge is 0.231 e. The van der Waals surface area contributed by atoms with E-state index >= 15 is 0 Å². The number of benzene rings is 1. The highest BCUT2D eigenvalue weighted by atomic mass is 35.5. The van der Waals surface area contributed by atoms with Crippen LogP contribution in [0.15, 0.2) is 24.4 Å². The van der Waals surface area contributed by atoms with Crippen LogP contribution in [0.25, 0.3) is 11.1 Å². The summed E-state index contributed by atoms with van der Waals surface area (Å²) in [6.45, 7) is 0.232. The summed E-state index contributed by atoms with van der Waals surface area (Å²) < 4.78 is 10.8. The van der Waals surface area contributed by atoms with Gasteiger partial charge in [-0.1, -0.05) is 12.1 Å². The van der Waals surface area contributed by atoms with Crippen molar-refractivity contribution in [1.82, 2.24) is 9.97 Å². The second-order valence-electron chi connectivity index (χ2n) is 3.69. The SMILES string of the molecule is CNc1nc(Cl)ncc1-c1cccc2c1OCO2. The molecule has 0 bridgehead atoms. The summed E-state index contributed by atoms with van der Waals surface area (Å²) in [6.07, 6.45) is 1.67. The van der Waals surface area contributed by atoms with Crippen LogP contribution in [-0.2, 0) is 0 Å². The molecule has 0 fully saturated rings. The summed E-state index contributed by atoms with van der Waals surface area (Å²) in [4.78, 5) is 8.15. The number of halogens is 1. The van der Waals surface area contributed by atoms with Gasteiger partial charge in [0.1, 0.15) is 5.82 Å². The van der Waals surface area contributed by atoms with E-state index in [0.29, 0.717) is 11.6 Å². The van der Waals surface area contributed by atoms with Crippen molar-refractivity contribution in [3.63, 3.8) is 0 Å². The standard InChI is InChI=1S/C12H10ClN3O2/c1-14-11-8(5-15-12(13)16-11)7-3-2-4-9-10(7)18-6-17-9/h2-5H,6H2,1H3,(H,14,15,16). The molecule has 0 spiro atoms. The molecule has 0 atom stereocenters. The molecule has 6 heteroatoms. The summed E-state index contributed by atoms with van der Waals surface area (Å²) >= 11 is 5.78. The predicted octanol–water partition coefficient (Wildman–Crippen LogP) is 2.57. The van der Waals surface area contributed by atoms with Crippen LogP contribution in [0, 0.1) is 0 Å². The fraction of sp³-hybridized carbons (Fsp3) is 0.167. The fourth-order valence-electron chi connectivity index (χ4n) is 1.89. The van der Waals surface area contributed by atoms with Crippen LogP contribution in [0.2, 0.25) is 5.28 Å². The Hall–Kier alpha value is -2.01. The fourth-order valence-corrected chi connectivity index (χ4v) is 2.02. The molecule has 1 N–H and O–H groups in total. The molecule has 5 nitrogen and oxygen atoms in total. The summed E-state index contributed by atoms with van der Waals surface area (Å²) in [5.74, 6) is 2.09. The van der Waals surface area contributed by atoms with Crippen LogP contribution < -0.4 is 14.8 Å². The van der Waals surface area contributed by atoms with Crippen molar-refractivity contribution in [2.24, 2.45) is 0 Å². The molecule has 92 valence electrons. The largest absolute Gasteiger partial charge is 0.454 e. The number of ether oxygens (including phenoxy) is 2. The Balaban J connectivity index is 2.19. The van der Waals surface area contributed by atoms with E-state index in [1.54, 1.807) is 13.2 Å². The molecule has 0 amide bonds. The topological polar surface area (TPSA) is 56.3 Å². The number of hydrogen-bond donors (Lipinski definition) is 1. The molecule has 1 aliphatic rings. The molecule has 2 aromatic rings. The molecular weight excluding hydrogens is 254 g/mol. The first-order valence-corrected chi connectivity index (χ1v) is 5.76. The number of para-hydroxylation sites is 1. The van der Waals surface area contributed by atoms with E-state index in [1.807, 2.05) is 18.2 Å². The lowest BCUT2D eigenvalue weighted by Gasteiger charge is -2.10. The molecule has 2 heterocycles. The third-order valence-corrected chi connectivity index (χ3v) is 2.87. The maximum absolute atomic E-state index is 5.78. The van der Waals surface area contributed by atoms with Gasteiger partial charge in [-0.15, -0.1) is 0 Å². The first-order chi connectivity index (χ1) is 8.79. The first kappa shape index (κ1) is 11.1. The van der Waals surface area contributed by atoms with Gasteiger partial charge in [-0.3, -0.25) is 0 Å². The van der Waals surface area contributed by atoms with Crippen molar-refractivity contribution >= 4 is 17.4 Å². The van der Waals surface area contributed by atoms with Gasteiger partial charge in [0.2, 0.25) is 12.1 Å². The molecule has 0 unspecified atom stereocenters. The van der Waals surface area contributed by atoms with Gasteiger partial charge in [-0.05, 0) is 17.7 Å². The van der Waals surface area contributed by atoms with Crippen molar-refractivity contribution in [3.8, 4) is 22.6 Å². The van der Waals surface area contributed by atoms with Crippen molar-refractivity contribution in [1.29, 1.82) is 0 Å². The van der Waals surface area contributed by atoms with Crippen LogP contribution in [0.5, 0.6) is 11.5 Å². The Kier molecular flexibility index (Phi) is 2.68. The van der Waals surface area contributed by atoms with Crippen molar-refractivity contribution < 1.29 is 9.47 Å². The number of fused-ring (bicyclic) bond motifs is 1. The Morgan fingerprint density at radius 1 is 1.28 bits per heavy atom. The highest BCUT2D eigenvalue weighted by Gasteiger charge is 2.20. The number of rotatable bonds is 2. The molecule has 18 heavy (non-hydrogen) atoms. The molecular formula is C12H10ClN3O2. The second-order valence-corrected chi connectivity index (χ2v) is 4.03. The molecule has 0 aliphatic carbocycles. The molecule has 1 aromatic heterocycles. The normalized spacial score (nSPS) is 12.6. The Bertz CT molecular complexity index is 604. The Morgan fingerprint density at radius 3 is 3.00 bits per heavy atom. The third-order valence-electron chi connectivity index (χ3n) is 2.68. The Labute approximate surface area is 109 Å². The number of nitrogens with one attached hydrogen (secondary N) is 1. The second kappa shape index (κ2) is 4.34. The minimum Gasteiger partial charge on any atom is -0.454 e. The molecule has 3 rings (SSSR count). The van der Waals surface area contributed by atoms with Gasteiger partial charge in [0.15, 0.2) is 11.5 Å². The highest BCUT2D eigenvalue weighted by molar-refractivity contribution is 6.28. The summed E-state index contributed by atoms with van der Waals surface area (Å²) in [5.41, 5.74) is 1.70. The van der Waals surface area contributed by atoms with Crippen molar-refractivity contribution in [2.75, 3.05) is 19.2 Å². The lowest BCUT2D eigenvalue weighted by Crippen LogP contribution is -1.98. The van der Waals surface area contributed by atoms with Gasteiger partial charge in [0, 0.05) is 24.4 Å². The number of hydrogen-bond acceptors (Lipinski definition) is 5. The van der Waals surface area contributed by atoms with Gasteiger partial charge in [0.25, 0.3) is 0 Å². The number of nitrogens with zero attached hydrogens (tertiary/aromatic N) is 2. The van der Waals surface area contributed by atoms with E-state index in [-0.39, 0.29) is 12.1 Å². The molecule has 0 saturated carbocycles. The Morgan fingerprint density at radius 2 is 2.17 bits per heavy atom. The molecule has 0 radical (unpaired) electrons. The lowest BCUT2D eigenvalue weighted by molar-refractivity contribution is 0.174. The monoisotopic (exact) mass is 263 g/mol. The molecule has 1 aliphatic heterocycles. The van der Waals surface area contributed by atoms with Crippen LogP contribution in [0.1, 0.15) is 0 Å².